The maximum Gasteiger partial charge on any atom is 0.228 e. The normalized spacial score (nSPS) is 19.6. The second-order valence-electron chi connectivity index (χ2n) is 5.89. The third kappa shape index (κ3) is 2.94. The second kappa shape index (κ2) is 5.71. The Labute approximate surface area is 143 Å². The van der Waals surface area contributed by atoms with Crippen LogP contribution >= 0.6 is 11.3 Å². The Kier molecular flexibility index (Phi) is 3.65. The van der Waals surface area contributed by atoms with Crippen LogP contribution in [0.5, 0.6) is 0 Å². The van der Waals surface area contributed by atoms with Gasteiger partial charge in [0.25, 0.3) is 0 Å². The number of carbonyl (C=O) groups excluding carboxylic acids is 1. The van der Waals surface area contributed by atoms with Crippen LogP contribution < -0.4 is 5.32 Å². The molecule has 1 amide bonds. The first-order chi connectivity index (χ1) is 11.5. The topological polar surface area (TPSA) is 80.5 Å². The first kappa shape index (κ1) is 15.3. The minimum atomic E-state index is -3.05. The molecule has 6 nitrogen and oxygen atoms in total. The van der Waals surface area contributed by atoms with E-state index in [0.29, 0.717) is 12.1 Å². The number of anilines is 1. The van der Waals surface area contributed by atoms with Gasteiger partial charge in [0.05, 0.1) is 23.1 Å². The molecule has 3 aromatic rings. The first-order valence-electron chi connectivity index (χ1n) is 7.54. The highest BCUT2D eigenvalue weighted by atomic mass is 32.2. The van der Waals surface area contributed by atoms with Crippen molar-refractivity contribution >= 4 is 37.7 Å². The van der Waals surface area contributed by atoms with Gasteiger partial charge in [-0.3, -0.25) is 9.20 Å². The minimum Gasteiger partial charge on any atom is -0.326 e. The highest BCUT2D eigenvalue weighted by Gasteiger charge is 2.32. The predicted octanol–water partition coefficient (Wildman–Crippen LogP) is 2.44. The summed E-state index contributed by atoms with van der Waals surface area (Å²) in [7, 11) is -3.05. The van der Waals surface area contributed by atoms with Crippen molar-refractivity contribution in [2.45, 2.75) is 6.42 Å². The van der Waals surface area contributed by atoms with Gasteiger partial charge in [-0.25, -0.2) is 13.4 Å². The molecule has 1 N–H and O–H groups in total. The number of carbonyl (C=O) groups is 1. The molecule has 0 bridgehead atoms. The Morgan fingerprint density at radius 2 is 2.08 bits per heavy atom. The van der Waals surface area contributed by atoms with Crippen molar-refractivity contribution in [2.75, 3.05) is 16.8 Å². The number of nitrogens with zero attached hydrogens (tertiary/aromatic N) is 2. The lowest BCUT2D eigenvalue weighted by Crippen LogP contribution is -2.23. The SMILES string of the molecule is O=C(Nc1ccc(-c2cn3ccsc3n2)cc1)[C@@H]1CCS(=O)(=O)C1. The van der Waals surface area contributed by atoms with Gasteiger partial charge in [-0.2, -0.15) is 0 Å². The number of hydrogen-bond acceptors (Lipinski definition) is 5. The fourth-order valence-corrected chi connectivity index (χ4v) is 5.28. The van der Waals surface area contributed by atoms with E-state index in [2.05, 4.69) is 10.3 Å². The number of fused-ring (bicyclic) bond motifs is 1. The van der Waals surface area contributed by atoms with Crippen LogP contribution in [0.25, 0.3) is 16.2 Å². The number of thiazole rings is 1. The van der Waals surface area contributed by atoms with Crippen LogP contribution in [-0.4, -0.2) is 35.2 Å². The number of sulfone groups is 1. The molecule has 24 heavy (non-hydrogen) atoms. The van der Waals surface area contributed by atoms with Crippen LogP contribution in [0.3, 0.4) is 0 Å². The van der Waals surface area contributed by atoms with E-state index in [1.54, 1.807) is 11.3 Å². The monoisotopic (exact) mass is 361 g/mol. The summed E-state index contributed by atoms with van der Waals surface area (Å²) < 4.78 is 24.9. The Balaban J connectivity index is 1.48. The summed E-state index contributed by atoms with van der Waals surface area (Å²) in [6, 6.07) is 7.41. The van der Waals surface area contributed by atoms with E-state index < -0.39 is 15.8 Å². The van der Waals surface area contributed by atoms with E-state index >= 15 is 0 Å². The fourth-order valence-electron chi connectivity index (χ4n) is 2.84. The average molecular weight is 361 g/mol. The quantitative estimate of drug-likeness (QED) is 0.777. The Morgan fingerprint density at radius 3 is 2.75 bits per heavy atom. The van der Waals surface area contributed by atoms with Crippen LogP contribution in [0.2, 0.25) is 0 Å². The van der Waals surface area contributed by atoms with E-state index in [1.807, 2.05) is 46.4 Å². The van der Waals surface area contributed by atoms with E-state index in [9.17, 15) is 13.2 Å². The zero-order valence-electron chi connectivity index (χ0n) is 12.7. The van der Waals surface area contributed by atoms with Crippen LogP contribution in [0, 0.1) is 5.92 Å². The van der Waals surface area contributed by atoms with Gasteiger partial charge < -0.3 is 5.32 Å². The maximum absolute atomic E-state index is 12.2. The molecule has 4 rings (SSSR count). The molecule has 0 saturated carbocycles. The van der Waals surface area contributed by atoms with E-state index in [-0.39, 0.29) is 17.4 Å². The molecule has 1 aliphatic rings. The smallest absolute Gasteiger partial charge is 0.228 e. The molecule has 0 aliphatic carbocycles. The van der Waals surface area contributed by atoms with Crippen molar-refractivity contribution in [3.8, 4) is 11.3 Å². The van der Waals surface area contributed by atoms with E-state index in [1.165, 1.54) is 0 Å². The van der Waals surface area contributed by atoms with E-state index in [0.717, 1.165) is 16.2 Å². The zero-order valence-corrected chi connectivity index (χ0v) is 14.3. The van der Waals surface area contributed by atoms with Crippen molar-refractivity contribution < 1.29 is 13.2 Å². The largest absolute Gasteiger partial charge is 0.326 e. The molecular formula is C16H15N3O3S2. The number of amides is 1. The number of rotatable bonds is 3. The second-order valence-corrected chi connectivity index (χ2v) is 8.99. The number of aromatic nitrogens is 2. The fraction of sp³-hybridized carbons (Fsp3) is 0.250. The molecule has 1 fully saturated rings. The molecule has 1 aromatic carbocycles. The molecule has 1 saturated heterocycles. The van der Waals surface area contributed by atoms with Gasteiger partial charge in [0.2, 0.25) is 5.91 Å². The van der Waals surface area contributed by atoms with E-state index in [4.69, 9.17) is 0 Å². The van der Waals surface area contributed by atoms with Crippen LogP contribution in [-0.2, 0) is 14.6 Å². The van der Waals surface area contributed by atoms with Crippen molar-refractivity contribution in [3.05, 3.63) is 42.0 Å². The Morgan fingerprint density at radius 1 is 1.29 bits per heavy atom. The number of benzene rings is 1. The Hall–Kier alpha value is -2.19. The van der Waals surface area contributed by atoms with Gasteiger partial charge >= 0.3 is 0 Å². The van der Waals surface area contributed by atoms with Gasteiger partial charge in [0.15, 0.2) is 14.8 Å². The molecule has 0 unspecified atom stereocenters. The van der Waals surface area contributed by atoms with Crippen LogP contribution in [0.4, 0.5) is 5.69 Å². The van der Waals surface area contributed by atoms with Crippen LogP contribution in [0.1, 0.15) is 6.42 Å². The lowest BCUT2D eigenvalue weighted by molar-refractivity contribution is -0.119. The number of hydrogen-bond donors (Lipinski definition) is 1. The van der Waals surface area contributed by atoms with Crippen molar-refractivity contribution in [3.63, 3.8) is 0 Å². The van der Waals surface area contributed by atoms with Gasteiger partial charge in [-0.05, 0) is 18.6 Å². The summed E-state index contributed by atoms with van der Waals surface area (Å²) >= 11 is 1.57. The summed E-state index contributed by atoms with van der Waals surface area (Å²) in [5.41, 5.74) is 2.50. The van der Waals surface area contributed by atoms with Crippen LogP contribution in [0.15, 0.2) is 42.0 Å². The summed E-state index contributed by atoms with van der Waals surface area (Å²) in [5.74, 6) is -0.634. The summed E-state index contributed by atoms with van der Waals surface area (Å²) in [6.07, 6.45) is 4.32. The summed E-state index contributed by atoms with van der Waals surface area (Å²) in [6.45, 7) is 0. The highest BCUT2D eigenvalue weighted by Crippen LogP contribution is 2.24. The lowest BCUT2D eigenvalue weighted by Gasteiger charge is -2.09. The zero-order chi connectivity index (χ0) is 16.7. The van der Waals surface area contributed by atoms with Crippen molar-refractivity contribution in [1.82, 2.24) is 9.38 Å². The predicted molar refractivity (Wildman–Crippen MR) is 93.9 cm³/mol. The lowest BCUT2D eigenvalue weighted by atomic mass is 10.1. The molecule has 3 heterocycles. The van der Waals surface area contributed by atoms with Crippen molar-refractivity contribution in [2.24, 2.45) is 5.92 Å². The first-order valence-corrected chi connectivity index (χ1v) is 10.2. The van der Waals surface area contributed by atoms with Gasteiger partial charge in [-0.15, -0.1) is 11.3 Å². The molecule has 0 radical (unpaired) electrons. The molecule has 8 heteroatoms. The average Bonchev–Trinajstić information content (AvgIpc) is 3.22. The molecule has 1 aliphatic heterocycles. The third-order valence-electron chi connectivity index (χ3n) is 4.14. The highest BCUT2D eigenvalue weighted by molar-refractivity contribution is 7.91. The molecule has 1 atom stereocenters. The minimum absolute atomic E-state index is 0.0533. The molecule has 0 spiro atoms. The van der Waals surface area contributed by atoms with Gasteiger partial charge in [0, 0.05) is 29.0 Å². The number of nitrogens with one attached hydrogen (secondary N) is 1. The number of imidazole rings is 1. The van der Waals surface area contributed by atoms with Crippen molar-refractivity contribution in [1.29, 1.82) is 0 Å². The molecular weight excluding hydrogens is 346 g/mol. The maximum atomic E-state index is 12.2. The van der Waals surface area contributed by atoms with Gasteiger partial charge in [0.1, 0.15) is 0 Å². The molecule has 124 valence electrons. The Bertz CT molecular complexity index is 974. The third-order valence-corrected chi connectivity index (χ3v) is 6.68. The summed E-state index contributed by atoms with van der Waals surface area (Å²) in [5, 5.41) is 4.78. The summed E-state index contributed by atoms with van der Waals surface area (Å²) in [4.78, 5) is 17.6. The standard InChI is InChI=1S/C16H15N3O3S2/c20-15(12-5-8-24(21,22)10-12)17-13-3-1-11(2-4-13)14-9-19-6-7-23-16(19)18-14/h1-4,6-7,9,12H,5,8,10H2,(H,17,20)/t12-/m1/s1. The van der Waals surface area contributed by atoms with Gasteiger partial charge in [-0.1, -0.05) is 12.1 Å². The molecule has 2 aromatic heterocycles.